The van der Waals surface area contributed by atoms with Crippen molar-refractivity contribution >= 4 is 5.78 Å². The van der Waals surface area contributed by atoms with Crippen LogP contribution < -0.4 is 0 Å². The maximum atomic E-state index is 11.6. The summed E-state index contributed by atoms with van der Waals surface area (Å²) in [5, 5.41) is 8.49. The number of aliphatic hydroxyl groups excluding tert-OH is 1. The molecule has 70 valence electrons. The molecule has 0 radical (unpaired) electrons. The lowest BCUT2D eigenvalue weighted by Crippen LogP contribution is -2.00. The van der Waals surface area contributed by atoms with E-state index in [-0.39, 0.29) is 6.42 Å². The van der Waals surface area contributed by atoms with Crippen molar-refractivity contribution in [3.8, 4) is 0 Å². The zero-order valence-electron chi connectivity index (χ0n) is 6.89. The second kappa shape index (κ2) is 5.69. The molecule has 2 nitrogen and oxygen atoms in total. The molecule has 0 fully saturated rings. The Morgan fingerprint density at radius 2 is 2.17 bits per heavy atom. The molecule has 0 saturated carbocycles. The summed E-state index contributed by atoms with van der Waals surface area (Å²) in [4.78, 5) is 10.7. The molecule has 1 N–H and O–H groups in total. The Morgan fingerprint density at radius 3 is 2.58 bits per heavy atom. The van der Waals surface area contributed by atoms with Gasteiger partial charge in [-0.15, -0.1) is 0 Å². The quantitative estimate of drug-likeness (QED) is 0.518. The number of ketones is 1. The highest BCUT2D eigenvalue weighted by Gasteiger charge is 2.10. The molecule has 0 aliphatic heterocycles. The van der Waals surface area contributed by atoms with Gasteiger partial charge in [0.15, 0.2) is 11.5 Å². The van der Waals surface area contributed by atoms with Crippen LogP contribution in [-0.2, 0) is 4.79 Å². The summed E-state index contributed by atoms with van der Waals surface area (Å²) in [6, 6.07) is 0. The minimum Gasteiger partial charge on any atom is -0.506 e. The predicted octanol–water partition coefficient (Wildman–Crippen LogP) is 2.45. The number of carbonyl (C=O) groups is 1. The topological polar surface area (TPSA) is 37.3 Å². The number of hydrogen-bond donors (Lipinski definition) is 1. The summed E-state index contributed by atoms with van der Waals surface area (Å²) in [5.41, 5.74) is 0. The van der Waals surface area contributed by atoms with Crippen molar-refractivity contribution in [3.63, 3.8) is 0 Å². The second-order valence-electron chi connectivity index (χ2n) is 2.44. The fraction of sp³-hybridized carbons (Fsp3) is 0.625. The van der Waals surface area contributed by atoms with Gasteiger partial charge in [0, 0.05) is 12.5 Å². The molecule has 0 aromatic rings. The van der Waals surface area contributed by atoms with E-state index in [1.54, 1.807) is 0 Å². The maximum Gasteiger partial charge on any atom is 0.294 e. The van der Waals surface area contributed by atoms with Gasteiger partial charge in [-0.25, -0.2) is 8.78 Å². The summed E-state index contributed by atoms with van der Waals surface area (Å²) in [5.74, 6) is -1.59. The van der Waals surface area contributed by atoms with Crippen LogP contribution in [0.2, 0.25) is 0 Å². The molecule has 0 heterocycles. The first-order chi connectivity index (χ1) is 5.57. The summed E-state index contributed by atoms with van der Waals surface area (Å²) in [6.45, 7) is 1.89. The van der Waals surface area contributed by atoms with Crippen molar-refractivity contribution in [2.75, 3.05) is 0 Å². The lowest BCUT2D eigenvalue weighted by Gasteiger charge is -1.96. The third-order valence-electron chi connectivity index (χ3n) is 1.31. The van der Waals surface area contributed by atoms with E-state index < -0.39 is 18.0 Å². The molecule has 0 saturated heterocycles. The molecule has 12 heavy (non-hydrogen) atoms. The Hall–Kier alpha value is -0.930. The predicted molar refractivity (Wildman–Crippen MR) is 41.2 cm³/mol. The highest BCUT2D eigenvalue weighted by Crippen LogP contribution is 2.05. The SMILES string of the molecule is CCCCC(=O)/C=C(\O)C(F)F. The Bertz CT molecular complexity index is 176. The smallest absolute Gasteiger partial charge is 0.294 e. The van der Waals surface area contributed by atoms with Gasteiger partial charge in [0.2, 0.25) is 0 Å². The second-order valence-corrected chi connectivity index (χ2v) is 2.44. The largest absolute Gasteiger partial charge is 0.506 e. The van der Waals surface area contributed by atoms with Gasteiger partial charge in [0.25, 0.3) is 6.43 Å². The average Bonchev–Trinajstić information content (AvgIpc) is 2.00. The van der Waals surface area contributed by atoms with Crippen LogP contribution in [0.4, 0.5) is 8.78 Å². The molecule has 0 atom stereocenters. The Labute approximate surface area is 69.9 Å². The monoisotopic (exact) mass is 178 g/mol. The van der Waals surface area contributed by atoms with Crippen LogP contribution in [-0.4, -0.2) is 17.3 Å². The van der Waals surface area contributed by atoms with E-state index >= 15 is 0 Å². The van der Waals surface area contributed by atoms with Crippen molar-refractivity contribution in [3.05, 3.63) is 11.8 Å². The van der Waals surface area contributed by atoms with E-state index in [4.69, 9.17) is 5.11 Å². The number of hydrogen-bond acceptors (Lipinski definition) is 2. The Morgan fingerprint density at radius 1 is 1.58 bits per heavy atom. The van der Waals surface area contributed by atoms with Crippen LogP contribution in [0, 0.1) is 0 Å². The molecule has 0 amide bonds. The molecule has 0 bridgehead atoms. The average molecular weight is 178 g/mol. The van der Waals surface area contributed by atoms with Gasteiger partial charge in [-0.3, -0.25) is 4.79 Å². The molecule has 0 rings (SSSR count). The lowest BCUT2D eigenvalue weighted by molar-refractivity contribution is -0.115. The van der Waals surface area contributed by atoms with Crippen LogP contribution >= 0.6 is 0 Å². The normalized spacial score (nSPS) is 12.2. The maximum absolute atomic E-state index is 11.6. The first kappa shape index (κ1) is 11.1. The summed E-state index contributed by atoms with van der Waals surface area (Å²) >= 11 is 0. The van der Waals surface area contributed by atoms with Gasteiger partial charge in [0.05, 0.1) is 0 Å². The summed E-state index contributed by atoms with van der Waals surface area (Å²) in [7, 11) is 0. The van der Waals surface area contributed by atoms with E-state index in [1.807, 2.05) is 6.92 Å². The molecule has 0 aromatic heterocycles. The van der Waals surface area contributed by atoms with Crippen LogP contribution in [0.5, 0.6) is 0 Å². The van der Waals surface area contributed by atoms with Gasteiger partial charge in [0.1, 0.15) is 0 Å². The van der Waals surface area contributed by atoms with Crippen molar-refractivity contribution in [2.45, 2.75) is 32.6 Å². The van der Waals surface area contributed by atoms with Crippen LogP contribution in [0.3, 0.4) is 0 Å². The molecular weight excluding hydrogens is 166 g/mol. The number of allylic oxidation sites excluding steroid dienone is 2. The van der Waals surface area contributed by atoms with Crippen LogP contribution in [0.25, 0.3) is 0 Å². The van der Waals surface area contributed by atoms with Crippen LogP contribution in [0.1, 0.15) is 26.2 Å². The number of carbonyl (C=O) groups excluding carboxylic acids is 1. The van der Waals surface area contributed by atoms with E-state index in [1.165, 1.54) is 0 Å². The Kier molecular flexibility index (Phi) is 5.25. The van der Waals surface area contributed by atoms with Gasteiger partial charge in [-0.05, 0) is 6.42 Å². The van der Waals surface area contributed by atoms with Gasteiger partial charge in [-0.1, -0.05) is 13.3 Å². The van der Waals surface area contributed by atoms with Gasteiger partial charge < -0.3 is 5.11 Å². The number of aliphatic hydroxyl groups is 1. The molecular formula is C8H12F2O2. The fourth-order valence-electron chi connectivity index (χ4n) is 0.651. The molecule has 0 unspecified atom stereocenters. The minimum atomic E-state index is -2.95. The molecule has 0 aliphatic carbocycles. The Balaban J connectivity index is 3.88. The number of alkyl halides is 2. The van der Waals surface area contributed by atoms with Crippen molar-refractivity contribution in [2.24, 2.45) is 0 Å². The number of unbranched alkanes of at least 4 members (excludes halogenated alkanes) is 1. The van der Waals surface area contributed by atoms with Gasteiger partial charge >= 0.3 is 0 Å². The van der Waals surface area contributed by atoms with Crippen molar-refractivity contribution in [1.29, 1.82) is 0 Å². The molecule has 4 heteroatoms. The summed E-state index contributed by atoms with van der Waals surface area (Å²) < 4.78 is 23.3. The first-order valence-electron chi connectivity index (χ1n) is 3.79. The number of rotatable bonds is 5. The van der Waals surface area contributed by atoms with Crippen LogP contribution in [0.15, 0.2) is 11.8 Å². The van der Waals surface area contributed by atoms with Crippen molar-refractivity contribution < 1.29 is 18.7 Å². The fourth-order valence-corrected chi connectivity index (χ4v) is 0.651. The molecule has 0 spiro atoms. The third kappa shape index (κ3) is 4.82. The first-order valence-corrected chi connectivity index (χ1v) is 3.79. The summed E-state index contributed by atoms with van der Waals surface area (Å²) in [6.07, 6.45) is -0.648. The molecule has 0 aliphatic rings. The standard InChI is InChI=1S/C8H12F2O2/c1-2-3-4-6(11)5-7(12)8(9)10/h5,8,12H,2-4H2,1H3/b7-5-. The van der Waals surface area contributed by atoms with Gasteiger partial charge in [-0.2, -0.15) is 0 Å². The zero-order chi connectivity index (χ0) is 9.56. The highest BCUT2D eigenvalue weighted by molar-refractivity contribution is 5.89. The number of halogens is 2. The van der Waals surface area contributed by atoms with E-state index in [0.29, 0.717) is 12.5 Å². The van der Waals surface area contributed by atoms with E-state index in [0.717, 1.165) is 6.42 Å². The highest BCUT2D eigenvalue weighted by atomic mass is 19.3. The lowest BCUT2D eigenvalue weighted by atomic mass is 10.2. The van der Waals surface area contributed by atoms with Crippen molar-refractivity contribution in [1.82, 2.24) is 0 Å². The zero-order valence-corrected chi connectivity index (χ0v) is 6.89. The molecule has 0 aromatic carbocycles. The van der Waals surface area contributed by atoms with E-state index in [9.17, 15) is 13.6 Å². The third-order valence-corrected chi connectivity index (χ3v) is 1.31. The van der Waals surface area contributed by atoms with E-state index in [2.05, 4.69) is 0 Å². The minimum absolute atomic E-state index is 0.216.